The number of hydrogen-bond donors (Lipinski definition) is 2. The SMILES string of the molecule is C#CCNC1(C)CCNCC1. The quantitative estimate of drug-likeness (QED) is 0.558. The zero-order valence-corrected chi connectivity index (χ0v) is 7.11. The van der Waals surface area contributed by atoms with Crippen LogP contribution in [0.4, 0.5) is 0 Å². The Morgan fingerprint density at radius 2 is 2.18 bits per heavy atom. The van der Waals surface area contributed by atoms with Gasteiger partial charge >= 0.3 is 0 Å². The van der Waals surface area contributed by atoms with Crippen molar-refractivity contribution < 1.29 is 0 Å². The summed E-state index contributed by atoms with van der Waals surface area (Å²) in [5.41, 5.74) is 0.275. The molecule has 0 radical (unpaired) electrons. The second kappa shape index (κ2) is 3.75. The van der Waals surface area contributed by atoms with Gasteiger partial charge in [-0.25, -0.2) is 0 Å². The first kappa shape index (κ1) is 8.58. The Hall–Kier alpha value is -0.520. The van der Waals surface area contributed by atoms with Crippen LogP contribution in [0.2, 0.25) is 0 Å². The Bertz CT molecular complexity index is 151. The molecule has 0 aromatic carbocycles. The third-order valence-corrected chi connectivity index (χ3v) is 2.32. The van der Waals surface area contributed by atoms with E-state index in [1.807, 2.05) is 0 Å². The summed E-state index contributed by atoms with van der Waals surface area (Å²) < 4.78 is 0. The molecule has 0 amide bonds. The van der Waals surface area contributed by atoms with Crippen LogP contribution in [0.25, 0.3) is 0 Å². The van der Waals surface area contributed by atoms with Crippen LogP contribution in [0.15, 0.2) is 0 Å². The van der Waals surface area contributed by atoms with E-state index in [0.717, 1.165) is 13.1 Å². The van der Waals surface area contributed by atoms with Crippen LogP contribution in [-0.4, -0.2) is 25.2 Å². The highest BCUT2D eigenvalue weighted by molar-refractivity contribution is 4.94. The monoisotopic (exact) mass is 152 g/mol. The molecule has 11 heavy (non-hydrogen) atoms. The van der Waals surface area contributed by atoms with Crippen LogP contribution >= 0.6 is 0 Å². The van der Waals surface area contributed by atoms with E-state index in [4.69, 9.17) is 6.42 Å². The van der Waals surface area contributed by atoms with Crippen molar-refractivity contribution in [2.24, 2.45) is 0 Å². The molecular formula is C9H16N2. The van der Waals surface area contributed by atoms with Gasteiger partial charge in [-0.1, -0.05) is 5.92 Å². The van der Waals surface area contributed by atoms with E-state index >= 15 is 0 Å². The van der Waals surface area contributed by atoms with E-state index < -0.39 is 0 Å². The lowest BCUT2D eigenvalue weighted by Crippen LogP contribution is -2.50. The Morgan fingerprint density at radius 1 is 1.55 bits per heavy atom. The molecule has 1 heterocycles. The fraction of sp³-hybridized carbons (Fsp3) is 0.778. The minimum atomic E-state index is 0.275. The molecule has 2 N–H and O–H groups in total. The Morgan fingerprint density at radius 3 is 2.73 bits per heavy atom. The van der Waals surface area contributed by atoms with Crippen molar-refractivity contribution in [2.45, 2.75) is 25.3 Å². The third-order valence-electron chi connectivity index (χ3n) is 2.32. The van der Waals surface area contributed by atoms with Crippen LogP contribution in [0.5, 0.6) is 0 Å². The van der Waals surface area contributed by atoms with Crippen molar-refractivity contribution >= 4 is 0 Å². The Labute approximate surface area is 68.8 Å². The molecule has 2 nitrogen and oxygen atoms in total. The fourth-order valence-corrected chi connectivity index (χ4v) is 1.42. The van der Waals surface area contributed by atoms with Crippen molar-refractivity contribution in [1.29, 1.82) is 0 Å². The van der Waals surface area contributed by atoms with Gasteiger partial charge in [0, 0.05) is 5.54 Å². The van der Waals surface area contributed by atoms with E-state index in [2.05, 4.69) is 23.5 Å². The maximum Gasteiger partial charge on any atom is 0.0578 e. The summed E-state index contributed by atoms with van der Waals surface area (Å²) in [6, 6.07) is 0. The highest BCUT2D eigenvalue weighted by atomic mass is 15.0. The first-order valence-electron chi connectivity index (χ1n) is 4.16. The summed E-state index contributed by atoms with van der Waals surface area (Å²) in [6.45, 7) is 5.14. The molecule has 1 rings (SSSR count). The highest BCUT2D eigenvalue weighted by Crippen LogP contribution is 2.16. The predicted octanol–water partition coefficient (Wildman–Crippen LogP) is 0.351. The molecule has 1 fully saturated rings. The van der Waals surface area contributed by atoms with Crippen molar-refractivity contribution in [3.8, 4) is 12.3 Å². The highest BCUT2D eigenvalue weighted by Gasteiger charge is 2.24. The zero-order chi connectivity index (χ0) is 8.16. The lowest BCUT2D eigenvalue weighted by atomic mass is 9.91. The van der Waals surface area contributed by atoms with Crippen LogP contribution in [0, 0.1) is 12.3 Å². The first-order chi connectivity index (χ1) is 5.27. The normalized spacial score (nSPS) is 22.5. The summed E-state index contributed by atoms with van der Waals surface area (Å²) >= 11 is 0. The number of hydrogen-bond acceptors (Lipinski definition) is 2. The van der Waals surface area contributed by atoms with Gasteiger partial charge in [0.25, 0.3) is 0 Å². The van der Waals surface area contributed by atoms with Crippen molar-refractivity contribution in [1.82, 2.24) is 10.6 Å². The van der Waals surface area contributed by atoms with Crippen LogP contribution in [0.1, 0.15) is 19.8 Å². The fourth-order valence-electron chi connectivity index (χ4n) is 1.42. The predicted molar refractivity (Wildman–Crippen MR) is 47.3 cm³/mol. The van der Waals surface area contributed by atoms with E-state index in [0.29, 0.717) is 6.54 Å². The van der Waals surface area contributed by atoms with Gasteiger partial charge < -0.3 is 10.6 Å². The largest absolute Gasteiger partial charge is 0.317 e. The molecule has 0 aliphatic carbocycles. The van der Waals surface area contributed by atoms with Crippen LogP contribution in [0.3, 0.4) is 0 Å². The molecule has 0 spiro atoms. The molecule has 0 aromatic rings. The molecule has 0 bridgehead atoms. The van der Waals surface area contributed by atoms with Crippen molar-refractivity contribution in [2.75, 3.05) is 19.6 Å². The second-order valence-electron chi connectivity index (χ2n) is 3.37. The Kier molecular flexibility index (Phi) is 2.92. The lowest BCUT2D eigenvalue weighted by molar-refractivity contribution is 0.277. The summed E-state index contributed by atoms with van der Waals surface area (Å²) in [4.78, 5) is 0. The van der Waals surface area contributed by atoms with Crippen LogP contribution in [-0.2, 0) is 0 Å². The van der Waals surface area contributed by atoms with Gasteiger partial charge in [-0.3, -0.25) is 0 Å². The average Bonchev–Trinajstić information content (AvgIpc) is 2.03. The molecule has 0 unspecified atom stereocenters. The molecule has 62 valence electrons. The van der Waals surface area contributed by atoms with Gasteiger partial charge in [0.05, 0.1) is 6.54 Å². The Balaban J connectivity index is 2.32. The van der Waals surface area contributed by atoms with Gasteiger partial charge in [-0.05, 0) is 32.9 Å². The molecule has 0 atom stereocenters. The maximum absolute atomic E-state index is 5.18. The topological polar surface area (TPSA) is 24.1 Å². The molecule has 1 saturated heterocycles. The number of nitrogens with one attached hydrogen (secondary N) is 2. The summed E-state index contributed by atoms with van der Waals surface area (Å²) in [5, 5.41) is 6.70. The van der Waals surface area contributed by atoms with Gasteiger partial charge in [0.1, 0.15) is 0 Å². The average molecular weight is 152 g/mol. The van der Waals surface area contributed by atoms with E-state index in [1.165, 1.54) is 12.8 Å². The van der Waals surface area contributed by atoms with Crippen molar-refractivity contribution in [3.63, 3.8) is 0 Å². The second-order valence-corrected chi connectivity index (χ2v) is 3.37. The molecule has 1 aliphatic heterocycles. The van der Waals surface area contributed by atoms with Gasteiger partial charge in [-0.2, -0.15) is 0 Å². The molecular weight excluding hydrogens is 136 g/mol. The van der Waals surface area contributed by atoms with E-state index in [9.17, 15) is 0 Å². The first-order valence-corrected chi connectivity index (χ1v) is 4.16. The summed E-state index contributed by atoms with van der Waals surface area (Å²) in [7, 11) is 0. The molecule has 0 aromatic heterocycles. The summed E-state index contributed by atoms with van der Waals surface area (Å²) in [5.74, 6) is 2.61. The smallest absolute Gasteiger partial charge is 0.0578 e. The van der Waals surface area contributed by atoms with Crippen LogP contribution < -0.4 is 10.6 Å². The molecule has 0 saturated carbocycles. The van der Waals surface area contributed by atoms with E-state index in [-0.39, 0.29) is 5.54 Å². The van der Waals surface area contributed by atoms with Gasteiger partial charge in [-0.15, -0.1) is 6.42 Å². The zero-order valence-electron chi connectivity index (χ0n) is 7.11. The minimum Gasteiger partial charge on any atom is -0.317 e. The number of terminal acetylenes is 1. The van der Waals surface area contributed by atoms with Gasteiger partial charge in [0.2, 0.25) is 0 Å². The molecule has 1 aliphatic rings. The molecule has 2 heteroatoms. The van der Waals surface area contributed by atoms with E-state index in [1.54, 1.807) is 0 Å². The minimum absolute atomic E-state index is 0.275. The van der Waals surface area contributed by atoms with Crippen molar-refractivity contribution in [3.05, 3.63) is 0 Å². The maximum atomic E-state index is 5.18. The number of piperidine rings is 1. The number of rotatable bonds is 2. The third kappa shape index (κ3) is 2.53. The summed E-state index contributed by atoms with van der Waals surface area (Å²) in [6.07, 6.45) is 7.53. The standard InChI is InChI=1S/C9H16N2/c1-3-6-11-9(2)4-7-10-8-5-9/h1,10-11H,4-8H2,2H3. The lowest BCUT2D eigenvalue weighted by Gasteiger charge is -2.34. The van der Waals surface area contributed by atoms with Gasteiger partial charge in [0.15, 0.2) is 0 Å².